The SMILES string of the molecule is CCCN(C)C=Nc1cc(C)c(Oc2cc(F)cc(F)c2)cc1C. The van der Waals surface area contributed by atoms with Crippen LogP contribution in [0.2, 0.25) is 0 Å². The van der Waals surface area contributed by atoms with Crippen LogP contribution in [-0.2, 0) is 0 Å². The molecule has 0 atom stereocenters. The highest BCUT2D eigenvalue weighted by molar-refractivity contribution is 5.64. The summed E-state index contributed by atoms with van der Waals surface area (Å²) in [6.45, 7) is 6.85. The van der Waals surface area contributed by atoms with Gasteiger partial charge in [-0.1, -0.05) is 6.92 Å². The summed E-state index contributed by atoms with van der Waals surface area (Å²) in [6.07, 6.45) is 2.85. The molecule has 5 heteroatoms. The summed E-state index contributed by atoms with van der Waals surface area (Å²) < 4.78 is 32.2. The molecular formula is C19H22F2N2O. The molecule has 0 fully saturated rings. The molecule has 128 valence electrons. The fourth-order valence-corrected chi connectivity index (χ4v) is 2.31. The van der Waals surface area contributed by atoms with Crippen molar-refractivity contribution >= 4 is 12.0 Å². The molecule has 0 spiro atoms. The summed E-state index contributed by atoms with van der Waals surface area (Å²) in [5.41, 5.74) is 2.61. The number of hydrogen-bond donors (Lipinski definition) is 0. The van der Waals surface area contributed by atoms with Crippen LogP contribution in [0.4, 0.5) is 14.5 Å². The van der Waals surface area contributed by atoms with Gasteiger partial charge < -0.3 is 9.64 Å². The molecule has 0 aliphatic rings. The maximum atomic E-state index is 13.3. The van der Waals surface area contributed by atoms with Gasteiger partial charge in [-0.3, -0.25) is 0 Å². The molecular weight excluding hydrogens is 310 g/mol. The number of ether oxygens (including phenoxy) is 1. The number of aliphatic imine (C=N–C) groups is 1. The van der Waals surface area contributed by atoms with Crippen LogP contribution >= 0.6 is 0 Å². The topological polar surface area (TPSA) is 24.8 Å². The predicted octanol–water partition coefficient (Wildman–Crippen LogP) is 5.38. The van der Waals surface area contributed by atoms with E-state index in [0.29, 0.717) is 5.75 Å². The maximum absolute atomic E-state index is 13.3. The Labute approximate surface area is 141 Å². The summed E-state index contributed by atoms with van der Waals surface area (Å²) in [5, 5.41) is 0. The second-order valence-electron chi connectivity index (χ2n) is 5.84. The van der Waals surface area contributed by atoms with Crippen molar-refractivity contribution in [3.05, 3.63) is 53.1 Å². The van der Waals surface area contributed by atoms with Gasteiger partial charge >= 0.3 is 0 Å². The number of rotatable bonds is 6. The Hall–Kier alpha value is -2.43. The smallest absolute Gasteiger partial charge is 0.133 e. The third kappa shape index (κ3) is 4.78. The summed E-state index contributed by atoms with van der Waals surface area (Å²) in [5.74, 6) is -0.647. The standard InChI is InChI=1S/C19H22F2N2O/c1-5-6-23(4)12-22-18-7-14(3)19(8-13(18)2)24-17-10-15(20)9-16(21)11-17/h7-12H,5-6H2,1-4H3. The van der Waals surface area contributed by atoms with Gasteiger partial charge in [-0.05, 0) is 43.5 Å². The second kappa shape index (κ2) is 7.90. The van der Waals surface area contributed by atoms with Gasteiger partial charge in [-0.2, -0.15) is 0 Å². The van der Waals surface area contributed by atoms with E-state index in [2.05, 4.69) is 11.9 Å². The lowest BCUT2D eigenvalue weighted by Gasteiger charge is -2.13. The molecule has 0 amide bonds. The zero-order valence-corrected chi connectivity index (χ0v) is 14.4. The normalized spacial score (nSPS) is 11.1. The molecule has 0 heterocycles. The van der Waals surface area contributed by atoms with Crippen LogP contribution in [0.25, 0.3) is 0 Å². The van der Waals surface area contributed by atoms with E-state index in [4.69, 9.17) is 4.74 Å². The predicted molar refractivity (Wildman–Crippen MR) is 93.4 cm³/mol. The van der Waals surface area contributed by atoms with Crippen LogP contribution in [0.3, 0.4) is 0 Å². The molecule has 0 aromatic heterocycles. The van der Waals surface area contributed by atoms with E-state index < -0.39 is 11.6 Å². The molecule has 0 unspecified atom stereocenters. The Balaban J connectivity index is 2.23. The fourth-order valence-electron chi connectivity index (χ4n) is 2.31. The highest BCUT2D eigenvalue weighted by Crippen LogP contribution is 2.32. The van der Waals surface area contributed by atoms with Crippen LogP contribution in [0, 0.1) is 25.5 Å². The first-order valence-corrected chi connectivity index (χ1v) is 7.88. The molecule has 2 aromatic carbocycles. The number of aryl methyl sites for hydroxylation is 2. The first-order chi connectivity index (χ1) is 11.4. The summed E-state index contributed by atoms with van der Waals surface area (Å²) in [4.78, 5) is 6.51. The number of hydrogen-bond acceptors (Lipinski definition) is 2. The van der Waals surface area contributed by atoms with Gasteiger partial charge in [-0.25, -0.2) is 13.8 Å². The molecule has 0 radical (unpaired) electrons. The van der Waals surface area contributed by atoms with E-state index in [9.17, 15) is 8.78 Å². The van der Waals surface area contributed by atoms with Crippen LogP contribution in [0.1, 0.15) is 24.5 Å². The van der Waals surface area contributed by atoms with Crippen LogP contribution in [-0.4, -0.2) is 24.8 Å². The number of benzene rings is 2. The summed E-state index contributed by atoms with van der Waals surface area (Å²) in [6, 6.07) is 6.85. The highest BCUT2D eigenvalue weighted by Gasteiger charge is 2.08. The van der Waals surface area contributed by atoms with E-state index in [-0.39, 0.29) is 5.75 Å². The van der Waals surface area contributed by atoms with E-state index in [0.717, 1.165) is 48.0 Å². The lowest BCUT2D eigenvalue weighted by molar-refractivity contribution is 0.465. The average molecular weight is 332 g/mol. The Morgan fingerprint density at radius 2 is 1.71 bits per heavy atom. The van der Waals surface area contributed by atoms with E-state index in [1.807, 2.05) is 37.9 Å². The van der Waals surface area contributed by atoms with Crippen molar-refractivity contribution in [3.8, 4) is 11.5 Å². The fraction of sp³-hybridized carbons (Fsp3) is 0.316. The molecule has 0 aliphatic heterocycles. The molecule has 0 saturated carbocycles. The monoisotopic (exact) mass is 332 g/mol. The van der Waals surface area contributed by atoms with Crippen molar-refractivity contribution < 1.29 is 13.5 Å². The molecule has 2 aromatic rings. The minimum absolute atomic E-state index is 0.133. The highest BCUT2D eigenvalue weighted by atomic mass is 19.1. The van der Waals surface area contributed by atoms with Crippen LogP contribution in [0.5, 0.6) is 11.5 Å². The van der Waals surface area contributed by atoms with Gasteiger partial charge in [0.1, 0.15) is 23.1 Å². The van der Waals surface area contributed by atoms with E-state index >= 15 is 0 Å². The van der Waals surface area contributed by atoms with Gasteiger partial charge in [0, 0.05) is 31.8 Å². The Morgan fingerprint density at radius 1 is 1.04 bits per heavy atom. The van der Waals surface area contributed by atoms with Crippen molar-refractivity contribution in [2.24, 2.45) is 4.99 Å². The van der Waals surface area contributed by atoms with Crippen molar-refractivity contribution in [2.75, 3.05) is 13.6 Å². The van der Waals surface area contributed by atoms with E-state index in [1.165, 1.54) is 0 Å². The molecule has 0 aliphatic carbocycles. The largest absolute Gasteiger partial charge is 0.457 e. The van der Waals surface area contributed by atoms with E-state index in [1.54, 1.807) is 6.34 Å². The number of nitrogens with zero attached hydrogens (tertiary/aromatic N) is 2. The lowest BCUT2D eigenvalue weighted by Crippen LogP contribution is -2.16. The summed E-state index contributed by atoms with van der Waals surface area (Å²) >= 11 is 0. The van der Waals surface area contributed by atoms with Crippen molar-refractivity contribution in [3.63, 3.8) is 0 Å². The quantitative estimate of drug-likeness (QED) is 0.524. The van der Waals surface area contributed by atoms with Gasteiger partial charge in [0.05, 0.1) is 12.0 Å². The molecule has 0 saturated heterocycles. The van der Waals surface area contributed by atoms with Gasteiger partial charge in [0.25, 0.3) is 0 Å². The van der Waals surface area contributed by atoms with Crippen molar-refractivity contribution in [2.45, 2.75) is 27.2 Å². The third-order valence-corrected chi connectivity index (χ3v) is 3.53. The minimum Gasteiger partial charge on any atom is -0.457 e. The first-order valence-electron chi connectivity index (χ1n) is 7.88. The lowest BCUT2D eigenvalue weighted by atomic mass is 10.1. The average Bonchev–Trinajstić information content (AvgIpc) is 2.48. The molecule has 24 heavy (non-hydrogen) atoms. The molecule has 2 rings (SSSR count). The zero-order valence-electron chi connectivity index (χ0n) is 14.4. The van der Waals surface area contributed by atoms with Crippen molar-refractivity contribution in [1.82, 2.24) is 4.90 Å². The Bertz CT molecular complexity index is 724. The summed E-state index contributed by atoms with van der Waals surface area (Å²) in [7, 11) is 1.98. The third-order valence-electron chi connectivity index (χ3n) is 3.53. The Morgan fingerprint density at radius 3 is 2.33 bits per heavy atom. The van der Waals surface area contributed by atoms with Gasteiger partial charge in [0.2, 0.25) is 0 Å². The Kier molecular flexibility index (Phi) is 5.90. The molecule has 3 nitrogen and oxygen atoms in total. The van der Waals surface area contributed by atoms with Crippen LogP contribution < -0.4 is 4.74 Å². The minimum atomic E-state index is -0.667. The zero-order chi connectivity index (χ0) is 17.7. The molecule has 0 N–H and O–H groups in total. The second-order valence-corrected chi connectivity index (χ2v) is 5.84. The van der Waals surface area contributed by atoms with Crippen molar-refractivity contribution in [1.29, 1.82) is 0 Å². The maximum Gasteiger partial charge on any atom is 0.133 e. The van der Waals surface area contributed by atoms with Gasteiger partial charge in [-0.15, -0.1) is 0 Å². The van der Waals surface area contributed by atoms with Crippen LogP contribution in [0.15, 0.2) is 35.3 Å². The first kappa shape index (κ1) is 17.9. The van der Waals surface area contributed by atoms with Gasteiger partial charge in [0.15, 0.2) is 0 Å². The number of halogens is 2. The molecule has 0 bridgehead atoms.